The van der Waals surface area contributed by atoms with Gasteiger partial charge in [-0.1, -0.05) is 6.42 Å². The Morgan fingerprint density at radius 3 is 2.64 bits per heavy atom. The van der Waals surface area contributed by atoms with Crippen LogP contribution in [0.5, 0.6) is 0 Å². The first-order chi connectivity index (χ1) is 12.1. The van der Waals surface area contributed by atoms with Crippen LogP contribution in [0.4, 0.5) is 0 Å². The number of ether oxygens (including phenoxy) is 4. The van der Waals surface area contributed by atoms with Gasteiger partial charge >= 0.3 is 0 Å². The summed E-state index contributed by atoms with van der Waals surface area (Å²) in [5.74, 6) is -0.347. The first-order valence-corrected chi connectivity index (χ1v) is 10.2. The molecule has 2 aliphatic carbocycles. The molecular formula is C20H29NO4. The molecule has 0 aromatic heterocycles. The van der Waals surface area contributed by atoms with Gasteiger partial charge in [-0.15, -0.1) is 0 Å². The monoisotopic (exact) mass is 347 g/mol. The van der Waals surface area contributed by atoms with Crippen LogP contribution in [0.2, 0.25) is 0 Å². The van der Waals surface area contributed by atoms with E-state index in [1.807, 2.05) is 6.92 Å². The van der Waals surface area contributed by atoms with Crippen molar-refractivity contribution in [2.75, 3.05) is 0 Å². The third-order valence-electron chi connectivity index (χ3n) is 7.06. The van der Waals surface area contributed by atoms with Crippen molar-refractivity contribution >= 4 is 0 Å². The molecule has 5 aliphatic rings. The molecule has 0 aromatic rings. The lowest BCUT2D eigenvalue weighted by molar-refractivity contribution is -0.215. The largest absolute Gasteiger partial charge is 0.369 e. The highest BCUT2D eigenvalue weighted by Crippen LogP contribution is 2.55. The molecule has 3 heterocycles. The van der Waals surface area contributed by atoms with E-state index in [0.29, 0.717) is 0 Å². The summed E-state index contributed by atoms with van der Waals surface area (Å²) in [5, 5.41) is 0. The molecule has 0 aromatic carbocycles. The first kappa shape index (κ1) is 16.5. The first-order valence-electron chi connectivity index (χ1n) is 10.2. The molecule has 0 radical (unpaired) electrons. The highest BCUT2D eigenvalue weighted by molar-refractivity contribution is 5.12. The van der Waals surface area contributed by atoms with Crippen molar-refractivity contribution in [3.63, 3.8) is 0 Å². The topological polar surface area (TPSA) is 41.3 Å². The van der Waals surface area contributed by atoms with Crippen molar-refractivity contribution in [2.45, 2.75) is 119 Å². The standard InChI is InChI=1S/C20H29NO4/c1-13(21-2)10-14-6-7-17-19(23-14)11-15(22-17)18-16(12-19)24-20(25-18)8-4-3-5-9-20/h13-18H,3-12H2,1H3/t13?,14-,15-,16-,17+,18?,19?/m1/s1. The summed E-state index contributed by atoms with van der Waals surface area (Å²) in [7, 11) is 0. The van der Waals surface area contributed by atoms with Gasteiger partial charge in [0.2, 0.25) is 6.04 Å². The molecule has 138 valence electrons. The van der Waals surface area contributed by atoms with Crippen LogP contribution in [-0.4, -0.2) is 47.9 Å². The quantitative estimate of drug-likeness (QED) is 0.716. The van der Waals surface area contributed by atoms with Gasteiger partial charge in [-0.05, 0) is 25.7 Å². The van der Waals surface area contributed by atoms with Gasteiger partial charge in [0.25, 0.3) is 0 Å². The highest BCUT2D eigenvalue weighted by atomic mass is 16.8. The third-order valence-corrected chi connectivity index (χ3v) is 7.06. The minimum absolute atomic E-state index is 0.0315. The summed E-state index contributed by atoms with van der Waals surface area (Å²) in [5.41, 5.74) is -0.208. The van der Waals surface area contributed by atoms with Gasteiger partial charge in [0.05, 0.1) is 30.0 Å². The zero-order valence-corrected chi connectivity index (χ0v) is 15.1. The van der Waals surface area contributed by atoms with Gasteiger partial charge in [0.15, 0.2) is 5.79 Å². The van der Waals surface area contributed by atoms with Crippen LogP contribution >= 0.6 is 0 Å². The van der Waals surface area contributed by atoms with E-state index in [-0.39, 0.29) is 47.9 Å². The lowest BCUT2D eigenvalue weighted by Crippen LogP contribution is -2.53. The van der Waals surface area contributed by atoms with E-state index in [1.165, 1.54) is 19.3 Å². The predicted octanol–water partition coefficient (Wildman–Crippen LogP) is 3.61. The molecule has 3 unspecified atom stereocenters. The van der Waals surface area contributed by atoms with Gasteiger partial charge in [0, 0.05) is 39.0 Å². The molecule has 5 heteroatoms. The van der Waals surface area contributed by atoms with E-state index in [4.69, 9.17) is 25.5 Å². The molecule has 2 bridgehead atoms. The smallest absolute Gasteiger partial charge is 0.223 e. The maximum Gasteiger partial charge on any atom is 0.223 e. The second-order valence-electron chi connectivity index (χ2n) is 8.88. The molecule has 7 atom stereocenters. The van der Waals surface area contributed by atoms with Gasteiger partial charge in [-0.2, -0.15) is 0 Å². The van der Waals surface area contributed by atoms with Gasteiger partial charge in [-0.3, -0.25) is 0 Å². The Hall–Kier alpha value is -0.670. The predicted molar refractivity (Wildman–Crippen MR) is 91.0 cm³/mol. The molecule has 5 fully saturated rings. The van der Waals surface area contributed by atoms with Crippen molar-refractivity contribution < 1.29 is 18.9 Å². The Kier molecular flexibility index (Phi) is 3.91. The molecule has 3 aliphatic heterocycles. The van der Waals surface area contributed by atoms with Crippen LogP contribution in [0.3, 0.4) is 0 Å². The van der Waals surface area contributed by atoms with Crippen LogP contribution < -0.4 is 0 Å². The fraction of sp³-hybridized carbons (Fsp3) is 0.950. The third kappa shape index (κ3) is 2.65. The van der Waals surface area contributed by atoms with Crippen LogP contribution in [0.1, 0.15) is 71.1 Å². The minimum atomic E-state index is -0.347. The number of hydrogen-bond acceptors (Lipinski definition) is 4. The van der Waals surface area contributed by atoms with Crippen LogP contribution in [0.15, 0.2) is 0 Å². The number of hydrogen-bond donors (Lipinski definition) is 0. The van der Waals surface area contributed by atoms with Gasteiger partial charge < -0.3 is 23.8 Å². The average Bonchev–Trinajstić information content (AvgIpc) is 3.11. The van der Waals surface area contributed by atoms with Crippen molar-refractivity contribution in [3.05, 3.63) is 11.4 Å². The molecule has 0 amide bonds. The lowest BCUT2D eigenvalue weighted by Gasteiger charge is -2.44. The van der Waals surface area contributed by atoms with E-state index in [1.54, 1.807) is 0 Å². The molecular weight excluding hydrogens is 318 g/mol. The summed E-state index contributed by atoms with van der Waals surface area (Å²) in [4.78, 5) is 3.65. The molecule has 25 heavy (non-hydrogen) atoms. The maximum absolute atomic E-state index is 7.23. The molecule has 0 N–H and O–H groups in total. The van der Waals surface area contributed by atoms with E-state index >= 15 is 0 Å². The fourth-order valence-electron chi connectivity index (χ4n) is 5.93. The van der Waals surface area contributed by atoms with Crippen molar-refractivity contribution in [2.24, 2.45) is 0 Å². The zero-order valence-electron chi connectivity index (χ0n) is 15.1. The van der Waals surface area contributed by atoms with E-state index in [0.717, 1.165) is 44.9 Å². The number of nitrogens with zero attached hydrogens (tertiary/aromatic N) is 1. The lowest BCUT2D eigenvalue weighted by atomic mass is 9.76. The van der Waals surface area contributed by atoms with Crippen LogP contribution in [0, 0.1) is 6.57 Å². The second kappa shape index (κ2) is 5.92. The molecule has 3 saturated heterocycles. The van der Waals surface area contributed by atoms with E-state index < -0.39 is 0 Å². The van der Waals surface area contributed by atoms with Crippen molar-refractivity contribution in [1.82, 2.24) is 0 Å². The molecule has 5 rings (SSSR count). The highest BCUT2D eigenvalue weighted by Gasteiger charge is 2.65. The normalized spacial score (nSPS) is 48.6. The Bertz CT molecular complexity index is 569. The number of rotatable bonds is 2. The van der Waals surface area contributed by atoms with Crippen LogP contribution in [-0.2, 0) is 18.9 Å². The summed E-state index contributed by atoms with van der Waals surface area (Å²) < 4.78 is 26.1. The van der Waals surface area contributed by atoms with E-state index in [9.17, 15) is 0 Å². The average molecular weight is 347 g/mol. The summed E-state index contributed by atoms with van der Waals surface area (Å²) in [6, 6.07) is 0.0315. The maximum atomic E-state index is 7.23. The van der Waals surface area contributed by atoms with E-state index in [2.05, 4.69) is 4.85 Å². The SMILES string of the molecule is [C-]#[N+]C(C)C[C@H]1CC[C@@H]2O[C@@H]3CC2(C[C@H]2OC4(CCCCC4)OC32)O1. The molecule has 2 saturated carbocycles. The molecule has 5 nitrogen and oxygen atoms in total. The van der Waals surface area contributed by atoms with Gasteiger partial charge in [0.1, 0.15) is 6.10 Å². The van der Waals surface area contributed by atoms with Crippen molar-refractivity contribution in [1.29, 1.82) is 0 Å². The van der Waals surface area contributed by atoms with Crippen LogP contribution in [0.25, 0.3) is 4.85 Å². The summed E-state index contributed by atoms with van der Waals surface area (Å²) in [6.07, 6.45) is 11.1. The Morgan fingerprint density at radius 1 is 1.04 bits per heavy atom. The second-order valence-corrected chi connectivity index (χ2v) is 8.88. The Labute approximate surface area is 150 Å². The Morgan fingerprint density at radius 2 is 1.84 bits per heavy atom. The zero-order chi connectivity index (χ0) is 17.1. The Balaban J connectivity index is 1.33. The summed E-state index contributed by atoms with van der Waals surface area (Å²) >= 11 is 0. The minimum Gasteiger partial charge on any atom is -0.369 e. The van der Waals surface area contributed by atoms with Crippen molar-refractivity contribution in [3.8, 4) is 0 Å². The number of fused-ring (bicyclic) bond motifs is 3. The molecule has 2 spiro atoms. The fourth-order valence-corrected chi connectivity index (χ4v) is 5.93. The summed E-state index contributed by atoms with van der Waals surface area (Å²) in [6.45, 7) is 9.22. The van der Waals surface area contributed by atoms with Gasteiger partial charge in [-0.25, -0.2) is 6.57 Å².